The van der Waals surface area contributed by atoms with Crippen LogP contribution >= 0.6 is 0 Å². The van der Waals surface area contributed by atoms with E-state index in [0.717, 1.165) is 25.3 Å². The maximum Gasteiger partial charge on any atom is 0.403 e. The van der Waals surface area contributed by atoms with Gasteiger partial charge < -0.3 is 10.2 Å². The minimum absolute atomic E-state index is 0.390. The van der Waals surface area contributed by atoms with Crippen molar-refractivity contribution in [1.29, 1.82) is 0 Å². The van der Waals surface area contributed by atoms with E-state index in [-0.39, 0.29) is 0 Å². The maximum absolute atomic E-state index is 12.9. The van der Waals surface area contributed by atoms with Crippen LogP contribution in [0.4, 0.5) is 13.2 Å². The second kappa shape index (κ2) is 9.25. The molecule has 6 nitrogen and oxygen atoms in total. The van der Waals surface area contributed by atoms with Crippen molar-refractivity contribution in [3.05, 3.63) is 18.0 Å². The van der Waals surface area contributed by atoms with E-state index in [0.29, 0.717) is 32.7 Å². The molecule has 1 N–H and O–H groups in total. The van der Waals surface area contributed by atoms with Crippen LogP contribution in [0.25, 0.3) is 0 Å². The second-order valence-corrected chi connectivity index (χ2v) is 6.60. The molecule has 1 unspecified atom stereocenters. The third-order valence-electron chi connectivity index (χ3n) is 4.61. The summed E-state index contributed by atoms with van der Waals surface area (Å²) in [7, 11) is 1.89. The molecule has 1 aromatic heterocycles. The van der Waals surface area contributed by atoms with E-state index in [2.05, 4.69) is 15.4 Å². The van der Waals surface area contributed by atoms with Crippen molar-refractivity contribution in [1.82, 2.24) is 24.9 Å². The lowest BCUT2D eigenvalue weighted by Crippen LogP contribution is -2.56. The number of nitrogens with zero attached hydrogens (tertiary/aromatic N) is 5. The SMILES string of the molecule is CCNC(=NCCCc1cnn(C)c1)N1CCN(C(C)C(F)(F)F)CC1. The van der Waals surface area contributed by atoms with Gasteiger partial charge in [-0.15, -0.1) is 0 Å². The molecule has 1 atom stereocenters. The molecule has 0 amide bonds. The van der Waals surface area contributed by atoms with Gasteiger partial charge in [-0.05, 0) is 32.3 Å². The molecule has 2 rings (SSSR count). The second-order valence-electron chi connectivity index (χ2n) is 6.60. The molecule has 1 aliphatic heterocycles. The van der Waals surface area contributed by atoms with Crippen LogP contribution in [0.1, 0.15) is 25.8 Å². The molecule has 1 aliphatic rings. The number of halogens is 3. The van der Waals surface area contributed by atoms with Gasteiger partial charge >= 0.3 is 6.18 Å². The summed E-state index contributed by atoms with van der Waals surface area (Å²) in [5, 5.41) is 7.40. The number of aryl methyl sites for hydroxylation is 2. The van der Waals surface area contributed by atoms with Gasteiger partial charge in [-0.3, -0.25) is 14.6 Å². The molecule has 2 heterocycles. The smallest absolute Gasteiger partial charge is 0.357 e. The zero-order valence-electron chi connectivity index (χ0n) is 15.8. The molecule has 0 saturated carbocycles. The van der Waals surface area contributed by atoms with Crippen molar-refractivity contribution < 1.29 is 13.2 Å². The summed E-state index contributed by atoms with van der Waals surface area (Å²) < 4.78 is 40.4. The molecule has 26 heavy (non-hydrogen) atoms. The number of aliphatic imine (C=N–C) groups is 1. The van der Waals surface area contributed by atoms with Crippen LogP contribution in [-0.4, -0.2) is 77.0 Å². The van der Waals surface area contributed by atoms with Crippen molar-refractivity contribution >= 4 is 5.96 Å². The minimum Gasteiger partial charge on any atom is -0.357 e. The Balaban J connectivity index is 1.83. The number of alkyl halides is 3. The molecule has 1 fully saturated rings. The predicted molar refractivity (Wildman–Crippen MR) is 96.2 cm³/mol. The molecule has 0 aliphatic carbocycles. The fraction of sp³-hybridized carbons (Fsp3) is 0.765. The molecule has 1 saturated heterocycles. The molecular weight excluding hydrogens is 345 g/mol. The Morgan fingerprint density at radius 1 is 1.31 bits per heavy atom. The Morgan fingerprint density at radius 2 is 2.00 bits per heavy atom. The standard InChI is InChI=1S/C17H29F3N6/c1-4-21-16(22-7-5-6-15-12-23-24(3)13-15)26-10-8-25(9-11-26)14(2)17(18,19)20/h12-14H,4-11H2,1-3H3,(H,21,22). The quantitative estimate of drug-likeness (QED) is 0.469. The normalized spacial score (nSPS) is 18.2. The van der Waals surface area contributed by atoms with E-state index in [1.807, 2.05) is 31.3 Å². The monoisotopic (exact) mass is 374 g/mol. The van der Waals surface area contributed by atoms with Gasteiger partial charge in [-0.2, -0.15) is 18.3 Å². The lowest BCUT2D eigenvalue weighted by Gasteiger charge is -2.39. The highest BCUT2D eigenvalue weighted by Gasteiger charge is 2.41. The van der Waals surface area contributed by atoms with Gasteiger partial charge in [-0.25, -0.2) is 0 Å². The summed E-state index contributed by atoms with van der Waals surface area (Å²) in [4.78, 5) is 8.18. The van der Waals surface area contributed by atoms with Crippen molar-refractivity contribution in [2.24, 2.45) is 12.0 Å². The summed E-state index contributed by atoms with van der Waals surface area (Å²) >= 11 is 0. The van der Waals surface area contributed by atoms with E-state index < -0.39 is 12.2 Å². The summed E-state index contributed by atoms with van der Waals surface area (Å²) in [5.41, 5.74) is 1.18. The van der Waals surface area contributed by atoms with E-state index >= 15 is 0 Å². The molecule has 0 radical (unpaired) electrons. The van der Waals surface area contributed by atoms with Gasteiger partial charge in [0, 0.05) is 52.5 Å². The number of guanidine groups is 1. The lowest BCUT2D eigenvalue weighted by atomic mass is 10.2. The van der Waals surface area contributed by atoms with Crippen molar-refractivity contribution in [3.63, 3.8) is 0 Å². The van der Waals surface area contributed by atoms with Crippen LogP contribution < -0.4 is 5.32 Å². The van der Waals surface area contributed by atoms with Crippen molar-refractivity contribution in [2.45, 2.75) is 38.9 Å². The van der Waals surface area contributed by atoms with Crippen molar-refractivity contribution in [3.8, 4) is 0 Å². The van der Waals surface area contributed by atoms with E-state index in [4.69, 9.17) is 0 Å². The van der Waals surface area contributed by atoms with E-state index in [1.54, 1.807) is 4.68 Å². The first-order valence-electron chi connectivity index (χ1n) is 9.12. The van der Waals surface area contributed by atoms with Gasteiger partial charge in [0.2, 0.25) is 0 Å². The summed E-state index contributed by atoms with van der Waals surface area (Å²) in [5.74, 6) is 0.790. The number of rotatable bonds is 6. The molecule has 9 heteroatoms. The largest absolute Gasteiger partial charge is 0.403 e. The van der Waals surface area contributed by atoms with Gasteiger partial charge in [-0.1, -0.05) is 0 Å². The number of hydrogen-bond donors (Lipinski definition) is 1. The van der Waals surface area contributed by atoms with Crippen LogP contribution in [0, 0.1) is 0 Å². The summed E-state index contributed by atoms with van der Waals surface area (Å²) in [6.07, 6.45) is 1.50. The third kappa shape index (κ3) is 5.89. The minimum atomic E-state index is -4.17. The zero-order chi connectivity index (χ0) is 19.2. The predicted octanol–water partition coefficient (Wildman–Crippen LogP) is 1.89. The highest BCUT2D eigenvalue weighted by molar-refractivity contribution is 5.80. The molecule has 0 aromatic carbocycles. The maximum atomic E-state index is 12.9. The Labute approximate surface area is 153 Å². The van der Waals surface area contributed by atoms with Crippen LogP contribution in [0.2, 0.25) is 0 Å². The van der Waals surface area contributed by atoms with Gasteiger partial charge in [0.05, 0.1) is 6.20 Å². The van der Waals surface area contributed by atoms with Gasteiger partial charge in [0.25, 0.3) is 0 Å². The first-order chi connectivity index (χ1) is 12.3. The third-order valence-corrected chi connectivity index (χ3v) is 4.61. The highest BCUT2D eigenvalue weighted by Crippen LogP contribution is 2.25. The molecular formula is C17H29F3N6. The van der Waals surface area contributed by atoms with Crippen LogP contribution in [-0.2, 0) is 13.5 Å². The average molecular weight is 374 g/mol. The zero-order valence-corrected chi connectivity index (χ0v) is 15.8. The van der Waals surface area contributed by atoms with E-state index in [9.17, 15) is 13.2 Å². The fourth-order valence-electron chi connectivity index (χ4n) is 3.02. The van der Waals surface area contributed by atoms with E-state index in [1.165, 1.54) is 17.4 Å². The summed E-state index contributed by atoms with van der Waals surface area (Å²) in [6, 6.07) is -1.40. The van der Waals surface area contributed by atoms with Gasteiger partial charge in [0.15, 0.2) is 5.96 Å². The molecule has 1 aromatic rings. The van der Waals surface area contributed by atoms with Crippen molar-refractivity contribution in [2.75, 3.05) is 39.3 Å². The Kier molecular flexibility index (Phi) is 7.31. The van der Waals surface area contributed by atoms with Crippen LogP contribution in [0.5, 0.6) is 0 Å². The molecule has 148 valence electrons. The number of piperazine rings is 1. The molecule has 0 spiro atoms. The fourth-order valence-corrected chi connectivity index (χ4v) is 3.02. The first kappa shape index (κ1) is 20.5. The molecule has 0 bridgehead atoms. The number of nitrogens with one attached hydrogen (secondary N) is 1. The number of hydrogen-bond acceptors (Lipinski definition) is 3. The van der Waals surface area contributed by atoms with Crippen LogP contribution in [0.3, 0.4) is 0 Å². The Hall–Kier alpha value is -1.77. The van der Waals surface area contributed by atoms with Crippen LogP contribution in [0.15, 0.2) is 17.4 Å². The topological polar surface area (TPSA) is 48.7 Å². The Bertz CT molecular complexity index is 575. The Morgan fingerprint density at radius 3 is 2.54 bits per heavy atom. The average Bonchev–Trinajstić information content (AvgIpc) is 3.01. The summed E-state index contributed by atoms with van der Waals surface area (Å²) in [6.45, 7) is 6.52. The van der Waals surface area contributed by atoms with Gasteiger partial charge in [0.1, 0.15) is 6.04 Å². The lowest BCUT2D eigenvalue weighted by molar-refractivity contribution is -0.181. The number of aromatic nitrogens is 2. The highest BCUT2D eigenvalue weighted by atomic mass is 19.4. The first-order valence-corrected chi connectivity index (χ1v) is 9.12.